The van der Waals surface area contributed by atoms with E-state index in [9.17, 15) is 19.2 Å². The number of ether oxygens (including phenoxy) is 2. The highest BCUT2D eigenvalue weighted by molar-refractivity contribution is 5.93. The number of aryl methyl sites for hydroxylation is 2. The highest BCUT2D eigenvalue weighted by atomic mass is 16.6. The summed E-state index contributed by atoms with van der Waals surface area (Å²) in [5.41, 5.74) is 1.63. The number of amides is 3. The number of benzene rings is 1. The molecular formula is C26H41N3O6. The second-order valence-electron chi connectivity index (χ2n) is 10.3. The fraction of sp³-hybridized carbons (Fsp3) is 0.615. The van der Waals surface area contributed by atoms with Gasteiger partial charge in [0.1, 0.15) is 24.2 Å². The van der Waals surface area contributed by atoms with Crippen molar-refractivity contribution in [1.29, 1.82) is 0 Å². The first-order valence-corrected chi connectivity index (χ1v) is 11.8. The van der Waals surface area contributed by atoms with E-state index in [0.717, 1.165) is 11.1 Å². The first-order valence-electron chi connectivity index (χ1n) is 11.8. The average molecular weight is 492 g/mol. The number of nitrogens with zero attached hydrogens (tertiary/aromatic N) is 1. The molecular weight excluding hydrogens is 450 g/mol. The minimum atomic E-state index is -1.03. The molecule has 2 N–H and O–H groups in total. The maximum absolute atomic E-state index is 13.9. The van der Waals surface area contributed by atoms with E-state index in [0.29, 0.717) is 5.56 Å². The highest BCUT2D eigenvalue weighted by Gasteiger charge is 2.39. The lowest BCUT2D eigenvalue weighted by molar-refractivity contribution is -0.146. The first kappa shape index (κ1) is 29.9. The second kappa shape index (κ2) is 12.6. The van der Waals surface area contributed by atoms with Gasteiger partial charge in [-0.05, 0) is 65.5 Å². The van der Waals surface area contributed by atoms with Crippen molar-refractivity contribution in [1.82, 2.24) is 15.5 Å². The molecule has 3 amide bonds. The maximum Gasteiger partial charge on any atom is 0.408 e. The van der Waals surface area contributed by atoms with Gasteiger partial charge in [0.15, 0.2) is 0 Å². The van der Waals surface area contributed by atoms with Gasteiger partial charge in [0.05, 0.1) is 7.11 Å². The Morgan fingerprint density at radius 3 is 2.11 bits per heavy atom. The fourth-order valence-electron chi connectivity index (χ4n) is 3.59. The Morgan fingerprint density at radius 2 is 1.63 bits per heavy atom. The van der Waals surface area contributed by atoms with E-state index in [-0.39, 0.29) is 12.5 Å². The number of carbonyl (C=O) groups excluding carboxylic acids is 4. The van der Waals surface area contributed by atoms with Crippen LogP contribution in [0.4, 0.5) is 4.79 Å². The molecule has 1 aromatic rings. The summed E-state index contributed by atoms with van der Waals surface area (Å²) in [7, 11) is 1.23. The van der Waals surface area contributed by atoms with Gasteiger partial charge in [-0.15, -0.1) is 0 Å². The molecule has 9 nitrogen and oxygen atoms in total. The zero-order chi connectivity index (χ0) is 27.1. The van der Waals surface area contributed by atoms with Crippen LogP contribution in [0.15, 0.2) is 18.2 Å². The van der Waals surface area contributed by atoms with Gasteiger partial charge >= 0.3 is 12.1 Å². The number of alkyl carbamates (subject to hydrolysis) is 1. The van der Waals surface area contributed by atoms with Crippen LogP contribution >= 0.6 is 0 Å². The Kier molecular flexibility index (Phi) is 10.7. The molecule has 35 heavy (non-hydrogen) atoms. The number of rotatable bonds is 9. The molecule has 0 saturated carbocycles. The van der Waals surface area contributed by atoms with Gasteiger partial charge in [-0.3, -0.25) is 14.4 Å². The molecule has 0 aliphatic heterocycles. The molecule has 0 aliphatic carbocycles. The van der Waals surface area contributed by atoms with E-state index in [1.165, 1.54) is 12.0 Å². The van der Waals surface area contributed by atoms with Gasteiger partial charge in [-0.2, -0.15) is 0 Å². The summed E-state index contributed by atoms with van der Waals surface area (Å²) in [5, 5.41) is 5.27. The topological polar surface area (TPSA) is 114 Å². The predicted octanol–water partition coefficient (Wildman–Crippen LogP) is 3.42. The summed E-state index contributed by atoms with van der Waals surface area (Å²) >= 11 is 0. The molecule has 0 aromatic heterocycles. The average Bonchev–Trinajstić information content (AvgIpc) is 2.73. The summed E-state index contributed by atoms with van der Waals surface area (Å²) in [6.07, 6.45) is -0.716. The Balaban J connectivity index is 3.51. The summed E-state index contributed by atoms with van der Waals surface area (Å²) in [6.45, 7) is 15.9. The van der Waals surface area contributed by atoms with Crippen LogP contribution in [0.1, 0.15) is 71.2 Å². The monoisotopic (exact) mass is 491 g/mol. The molecule has 0 spiro atoms. The Hall–Kier alpha value is -3.10. The molecule has 0 bridgehead atoms. The quantitative estimate of drug-likeness (QED) is 0.512. The highest BCUT2D eigenvalue weighted by Crippen LogP contribution is 2.29. The zero-order valence-electron chi connectivity index (χ0n) is 22.6. The van der Waals surface area contributed by atoms with Crippen molar-refractivity contribution < 1.29 is 28.7 Å². The van der Waals surface area contributed by atoms with Crippen LogP contribution < -0.4 is 10.6 Å². The third-order valence-electron chi connectivity index (χ3n) is 5.31. The van der Waals surface area contributed by atoms with Crippen molar-refractivity contribution in [2.75, 3.05) is 13.7 Å². The third kappa shape index (κ3) is 8.88. The number of nitrogens with one attached hydrogen (secondary N) is 2. The summed E-state index contributed by atoms with van der Waals surface area (Å²) in [5.74, 6) is -1.84. The maximum atomic E-state index is 13.9. The standard InChI is InChI=1S/C26H41N3O6/c1-15(2)21(28-25(33)35-26(7,8)9)24(32)29(16(3)4)22(23(31)27-14-20(30)34-10)19-13-17(5)11-12-18(19)6/h11-13,15-16,21-22H,14H2,1-10H3,(H,27,31)(H,28,33). The number of carbonyl (C=O) groups is 4. The number of hydrogen-bond donors (Lipinski definition) is 2. The Labute approximate surface area is 208 Å². The third-order valence-corrected chi connectivity index (χ3v) is 5.31. The second-order valence-corrected chi connectivity index (χ2v) is 10.3. The molecule has 1 rings (SSSR count). The molecule has 9 heteroatoms. The first-order chi connectivity index (χ1) is 16.1. The van der Waals surface area contributed by atoms with Gasteiger partial charge < -0.3 is 25.0 Å². The van der Waals surface area contributed by atoms with Crippen molar-refractivity contribution in [2.45, 2.75) is 86.0 Å². The van der Waals surface area contributed by atoms with E-state index in [1.807, 2.05) is 45.9 Å². The van der Waals surface area contributed by atoms with Crippen LogP contribution in [-0.4, -0.2) is 60.1 Å². The van der Waals surface area contributed by atoms with Crippen LogP contribution in [0.2, 0.25) is 0 Å². The summed E-state index contributed by atoms with van der Waals surface area (Å²) < 4.78 is 10.0. The van der Waals surface area contributed by atoms with Gasteiger partial charge in [-0.25, -0.2) is 4.79 Å². The SMILES string of the molecule is COC(=O)CNC(=O)C(c1cc(C)ccc1C)N(C(=O)C(NC(=O)OC(C)(C)C)C(C)C)C(C)C. The van der Waals surface area contributed by atoms with Crippen LogP contribution in [-0.2, 0) is 23.9 Å². The Morgan fingerprint density at radius 1 is 1.03 bits per heavy atom. The number of esters is 1. The molecule has 2 atom stereocenters. The molecule has 196 valence electrons. The van der Waals surface area contributed by atoms with Gasteiger partial charge in [0, 0.05) is 6.04 Å². The van der Waals surface area contributed by atoms with Crippen LogP contribution in [0.3, 0.4) is 0 Å². The smallest absolute Gasteiger partial charge is 0.408 e. The predicted molar refractivity (Wildman–Crippen MR) is 134 cm³/mol. The largest absolute Gasteiger partial charge is 0.468 e. The van der Waals surface area contributed by atoms with Crippen LogP contribution in [0.5, 0.6) is 0 Å². The lowest BCUT2D eigenvalue weighted by atomic mass is 9.94. The minimum absolute atomic E-state index is 0.284. The number of methoxy groups -OCH3 is 1. The van der Waals surface area contributed by atoms with E-state index in [1.54, 1.807) is 34.6 Å². The lowest BCUT2D eigenvalue weighted by Crippen LogP contribution is -2.57. The van der Waals surface area contributed by atoms with Crippen molar-refractivity contribution in [3.05, 3.63) is 34.9 Å². The van der Waals surface area contributed by atoms with Crippen molar-refractivity contribution in [2.24, 2.45) is 5.92 Å². The van der Waals surface area contributed by atoms with E-state index >= 15 is 0 Å². The van der Waals surface area contributed by atoms with Gasteiger partial charge in [0.2, 0.25) is 11.8 Å². The van der Waals surface area contributed by atoms with Gasteiger partial charge in [0.25, 0.3) is 0 Å². The van der Waals surface area contributed by atoms with Crippen molar-refractivity contribution >= 4 is 23.9 Å². The fourth-order valence-corrected chi connectivity index (χ4v) is 3.59. The number of hydrogen-bond acceptors (Lipinski definition) is 6. The van der Waals surface area contributed by atoms with Crippen molar-refractivity contribution in [3.63, 3.8) is 0 Å². The molecule has 2 unspecified atom stereocenters. The van der Waals surface area contributed by atoms with Crippen molar-refractivity contribution in [3.8, 4) is 0 Å². The zero-order valence-corrected chi connectivity index (χ0v) is 22.6. The van der Waals surface area contributed by atoms with E-state index in [2.05, 4.69) is 15.4 Å². The minimum Gasteiger partial charge on any atom is -0.468 e. The normalized spacial score (nSPS) is 13.1. The Bertz CT molecular complexity index is 920. The van der Waals surface area contributed by atoms with E-state index < -0.39 is 47.6 Å². The molecule has 0 aliphatic rings. The van der Waals surface area contributed by atoms with E-state index in [4.69, 9.17) is 4.74 Å². The summed E-state index contributed by atoms with van der Waals surface area (Å²) in [6, 6.07) is 3.28. The molecule has 0 saturated heterocycles. The van der Waals surface area contributed by atoms with Crippen LogP contribution in [0, 0.1) is 19.8 Å². The van der Waals surface area contributed by atoms with Gasteiger partial charge in [-0.1, -0.05) is 37.6 Å². The molecule has 0 fully saturated rings. The molecule has 0 radical (unpaired) electrons. The summed E-state index contributed by atoms with van der Waals surface area (Å²) in [4.78, 5) is 53.0. The molecule has 1 aromatic carbocycles. The van der Waals surface area contributed by atoms with Crippen LogP contribution in [0.25, 0.3) is 0 Å². The molecule has 0 heterocycles. The lowest BCUT2D eigenvalue weighted by Gasteiger charge is -2.38.